The number of rotatable bonds is 3. The summed E-state index contributed by atoms with van der Waals surface area (Å²) in [4.78, 5) is 5.05. The predicted molar refractivity (Wildman–Crippen MR) is 68.7 cm³/mol. The Kier molecular flexibility index (Phi) is 4.22. The number of nitrogens with zero attached hydrogens (tertiary/aromatic N) is 2. The molecule has 0 aliphatic carbocycles. The molecule has 2 fully saturated rings. The van der Waals surface area contributed by atoms with E-state index < -0.39 is 0 Å². The first-order valence-corrected chi connectivity index (χ1v) is 6.77. The maximum absolute atomic E-state index is 3.54. The Labute approximate surface area is 100 Å². The number of hydrogen-bond donors (Lipinski definition) is 1. The first-order chi connectivity index (χ1) is 7.65. The van der Waals surface area contributed by atoms with Gasteiger partial charge in [0.05, 0.1) is 0 Å². The summed E-state index contributed by atoms with van der Waals surface area (Å²) in [7, 11) is 4.42. The zero-order valence-electron chi connectivity index (χ0n) is 11.1. The Balaban J connectivity index is 1.74. The van der Waals surface area contributed by atoms with E-state index in [1.165, 1.54) is 45.4 Å². The largest absolute Gasteiger partial charge is 0.314 e. The molecule has 3 unspecified atom stereocenters. The van der Waals surface area contributed by atoms with E-state index in [1.807, 2.05) is 0 Å². The van der Waals surface area contributed by atoms with E-state index in [0.29, 0.717) is 0 Å². The molecule has 3 heteroatoms. The monoisotopic (exact) mass is 225 g/mol. The second-order valence-electron chi connectivity index (χ2n) is 5.91. The Morgan fingerprint density at radius 3 is 2.75 bits per heavy atom. The van der Waals surface area contributed by atoms with Crippen molar-refractivity contribution < 1.29 is 0 Å². The number of likely N-dealkylation sites (tertiary alicyclic amines) is 1. The molecule has 0 amide bonds. The van der Waals surface area contributed by atoms with Gasteiger partial charge >= 0.3 is 0 Å². The van der Waals surface area contributed by atoms with E-state index in [2.05, 4.69) is 36.1 Å². The molecule has 0 aromatic heterocycles. The molecule has 3 atom stereocenters. The summed E-state index contributed by atoms with van der Waals surface area (Å²) in [5.41, 5.74) is 0. The number of piperidine rings is 1. The third-order valence-corrected chi connectivity index (χ3v) is 4.23. The van der Waals surface area contributed by atoms with Crippen molar-refractivity contribution in [3.05, 3.63) is 0 Å². The van der Waals surface area contributed by atoms with Crippen LogP contribution < -0.4 is 5.32 Å². The zero-order valence-corrected chi connectivity index (χ0v) is 11.1. The van der Waals surface area contributed by atoms with Gasteiger partial charge in [-0.1, -0.05) is 0 Å². The van der Waals surface area contributed by atoms with E-state index in [0.717, 1.165) is 18.0 Å². The molecule has 2 saturated heterocycles. The Morgan fingerprint density at radius 1 is 1.31 bits per heavy atom. The normalized spacial score (nSPS) is 37.1. The molecule has 94 valence electrons. The van der Waals surface area contributed by atoms with Crippen molar-refractivity contribution in [3.8, 4) is 0 Å². The minimum Gasteiger partial charge on any atom is -0.314 e. The van der Waals surface area contributed by atoms with Gasteiger partial charge in [0, 0.05) is 25.2 Å². The first-order valence-electron chi connectivity index (χ1n) is 6.77. The third kappa shape index (κ3) is 3.19. The van der Waals surface area contributed by atoms with Crippen molar-refractivity contribution in [1.29, 1.82) is 0 Å². The fourth-order valence-corrected chi connectivity index (χ4v) is 3.17. The van der Waals surface area contributed by atoms with Crippen LogP contribution in [-0.4, -0.2) is 62.2 Å². The molecule has 0 bridgehead atoms. The van der Waals surface area contributed by atoms with Crippen LogP contribution in [0, 0.1) is 5.92 Å². The van der Waals surface area contributed by atoms with Crippen molar-refractivity contribution in [3.63, 3.8) is 0 Å². The predicted octanol–water partition coefficient (Wildman–Crippen LogP) is 1.01. The van der Waals surface area contributed by atoms with Gasteiger partial charge in [0.1, 0.15) is 0 Å². The van der Waals surface area contributed by atoms with Gasteiger partial charge in [0.25, 0.3) is 0 Å². The fraction of sp³-hybridized carbons (Fsp3) is 1.00. The number of likely N-dealkylation sites (N-methyl/N-ethyl adjacent to an activating group) is 1. The van der Waals surface area contributed by atoms with Crippen LogP contribution in [0.15, 0.2) is 0 Å². The highest BCUT2D eigenvalue weighted by molar-refractivity contribution is 4.84. The summed E-state index contributed by atoms with van der Waals surface area (Å²) in [6.07, 6.45) is 4.09. The van der Waals surface area contributed by atoms with Gasteiger partial charge in [-0.25, -0.2) is 0 Å². The van der Waals surface area contributed by atoms with E-state index in [4.69, 9.17) is 0 Å². The quantitative estimate of drug-likeness (QED) is 0.773. The first kappa shape index (κ1) is 12.3. The summed E-state index contributed by atoms with van der Waals surface area (Å²) >= 11 is 0. The highest BCUT2D eigenvalue weighted by Crippen LogP contribution is 2.21. The molecule has 2 aliphatic rings. The fourth-order valence-electron chi connectivity index (χ4n) is 3.17. The van der Waals surface area contributed by atoms with Gasteiger partial charge in [-0.05, 0) is 59.3 Å². The van der Waals surface area contributed by atoms with Crippen molar-refractivity contribution in [1.82, 2.24) is 15.1 Å². The Morgan fingerprint density at radius 2 is 2.12 bits per heavy atom. The van der Waals surface area contributed by atoms with E-state index in [1.54, 1.807) is 0 Å². The molecule has 0 saturated carbocycles. The van der Waals surface area contributed by atoms with Crippen LogP contribution >= 0.6 is 0 Å². The lowest BCUT2D eigenvalue weighted by Crippen LogP contribution is -2.40. The van der Waals surface area contributed by atoms with Crippen LogP contribution in [0.2, 0.25) is 0 Å². The van der Waals surface area contributed by atoms with Crippen molar-refractivity contribution in [2.45, 2.75) is 38.3 Å². The molecule has 16 heavy (non-hydrogen) atoms. The maximum atomic E-state index is 3.54. The summed E-state index contributed by atoms with van der Waals surface area (Å²) < 4.78 is 0. The smallest absolute Gasteiger partial charge is 0.0229 e. The average molecular weight is 225 g/mol. The lowest BCUT2D eigenvalue weighted by atomic mass is 9.93. The SMILES string of the molecule is CC1CC(CN2CCC(N(C)C)C2)CCN1. The molecule has 2 rings (SSSR count). The van der Waals surface area contributed by atoms with Crippen molar-refractivity contribution in [2.24, 2.45) is 5.92 Å². The Bertz CT molecular complexity index is 217. The number of nitrogens with one attached hydrogen (secondary N) is 1. The van der Waals surface area contributed by atoms with Gasteiger partial charge in [-0.2, -0.15) is 0 Å². The summed E-state index contributed by atoms with van der Waals surface area (Å²) in [6, 6.07) is 1.52. The molecular weight excluding hydrogens is 198 g/mol. The second kappa shape index (κ2) is 5.48. The summed E-state index contributed by atoms with van der Waals surface area (Å²) in [5.74, 6) is 0.928. The van der Waals surface area contributed by atoms with E-state index in [9.17, 15) is 0 Å². The van der Waals surface area contributed by atoms with Gasteiger partial charge in [-0.15, -0.1) is 0 Å². The topological polar surface area (TPSA) is 18.5 Å². The minimum atomic E-state index is 0.728. The molecule has 0 radical (unpaired) electrons. The standard InChI is InChI=1S/C13H27N3/c1-11-8-12(4-6-14-11)9-16-7-5-13(10-16)15(2)3/h11-14H,4-10H2,1-3H3. The minimum absolute atomic E-state index is 0.728. The lowest BCUT2D eigenvalue weighted by Gasteiger charge is -2.31. The molecule has 3 nitrogen and oxygen atoms in total. The highest BCUT2D eigenvalue weighted by Gasteiger charge is 2.27. The Hall–Kier alpha value is -0.120. The van der Waals surface area contributed by atoms with E-state index >= 15 is 0 Å². The van der Waals surface area contributed by atoms with Gasteiger partial charge in [0.2, 0.25) is 0 Å². The van der Waals surface area contributed by atoms with Crippen LogP contribution in [0.1, 0.15) is 26.2 Å². The zero-order chi connectivity index (χ0) is 11.5. The molecule has 0 aromatic carbocycles. The molecule has 0 aromatic rings. The molecule has 1 N–H and O–H groups in total. The molecule has 2 aliphatic heterocycles. The van der Waals surface area contributed by atoms with Gasteiger partial charge in [-0.3, -0.25) is 0 Å². The van der Waals surface area contributed by atoms with Crippen LogP contribution in [0.25, 0.3) is 0 Å². The molecule has 0 spiro atoms. The van der Waals surface area contributed by atoms with Crippen LogP contribution in [0.3, 0.4) is 0 Å². The van der Waals surface area contributed by atoms with Crippen LogP contribution in [0.5, 0.6) is 0 Å². The van der Waals surface area contributed by atoms with Crippen LogP contribution in [0.4, 0.5) is 0 Å². The van der Waals surface area contributed by atoms with Crippen molar-refractivity contribution in [2.75, 3.05) is 40.3 Å². The second-order valence-corrected chi connectivity index (χ2v) is 5.91. The maximum Gasteiger partial charge on any atom is 0.0229 e. The van der Waals surface area contributed by atoms with Crippen molar-refractivity contribution >= 4 is 0 Å². The lowest BCUT2D eigenvalue weighted by molar-refractivity contribution is 0.205. The van der Waals surface area contributed by atoms with Gasteiger partial charge in [0.15, 0.2) is 0 Å². The third-order valence-electron chi connectivity index (χ3n) is 4.23. The number of hydrogen-bond acceptors (Lipinski definition) is 3. The van der Waals surface area contributed by atoms with E-state index in [-0.39, 0.29) is 0 Å². The summed E-state index contributed by atoms with van der Waals surface area (Å²) in [5, 5.41) is 3.54. The van der Waals surface area contributed by atoms with Crippen LogP contribution in [-0.2, 0) is 0 Å². The average Bonchev–Trinajstić information content (AvgIpc) is 2.66. The highest BCUT2D eigenvalue weighted by atomic mass is 15.2. The molecule has 2 heterocycles. The molecular formula is C13H27N3. The van der Waals surface area contributed by atoms with Gasteiger partial charge < -0.3 is 15.1 Å². The summed E-state index contributed by atoms with van der Waals surface area (Å²) in [6.45, 7) is 7.46.